The van der Waals surface area contributed by atoms with Crippen LogP contribution in [0.25, 0.3) is 0 Å². The van der Waals surface area contributed by atoms with Crippen molar-refractivity contribution >= 4 is 33.3 Å². The van der Waals surface area contributed by atoms with Crippen molar-refractivity contribution in [3.8, 4) is 0 Å². The van der Waals surface area contributed by atoms with Gasteiger partial charge in [0, 0.05) is 37.6 Å². The number of halogens is 2. The van der Waals surface area contributed by atoms with E-state index in [4.69, 9.17) is 4.74 Å². The van der Waals surface area contributed by atoms with E-state index in [9.17, 15) is 26.8 Å². The molecule has 2 aromatic carbocycles. The van der Waals surface area contributed by atoms with E-state index in [0.717, 1.165) is 9.87 Å². The average Bonchev–Trinajstić information content (AvgIpc) is 3.50. The molecule has 3 heterocycles. The summed E-state index contributed by atoms with van der Waals surface area (Å²) in [5.74, 6) is -1.53. The molecule has 1 N–H and O–H groups in total. The van der Waals surface area contributed by atoms with Crippen LogP contribution in [-0.4, -0.2) is 67.3 Å². The summed E-state index contributed by atoms with van der Waals surface area (Å²) >= 11 is 0. The molecule has 0 bridgehead atoms. The van der Waals surface area contributed by atoms with Crippen molar-refractivity contribution in [1.29, 1.82) is 0 Å². The van der Waals surface area contributed by atoms with E-state index in [-0.39, 0.29) is 40.5 Å². The lowest BCUT2D eigenvalue weighted by atomic mass is 9.89. The normalized spacial score (nSPS) is 18.2. The quantitative estimate of drug-likeness (QED) is 0.391. The number of anilines is 2. The Labute approximate surface area is 243 Å². The molecule has 2 saturated heterocycles. The number of methoxy groups -OCH3 is 1. The second-order valence-corrected chi connectivity index (χ2v) is 12.4. The molecule has 42 heavy (non-hydrogen) atoms. The van der Waals surface area contributed by atoms with Crippen LogP contribution in [0.1, 0.15) is 53.1 Å². The Morgan fingerprint density at radius 3 is 2.31 bits per heavy atom. The summed E-state index contributed by atoms with van der Waals surface area (Å²) < 4.78 is 60.3. The van der Waals surface area contributed by atoms with Crippen LogP contribution in [0.4, 0.5) is 20.2 Å². The maximum atomic E-state index is 13.8. The van der Waals surface area contributed by atoms with Crippen molar-refractivity contribution in [3.63, 3.8) is 0 Å². The van der Waals surface area contributed by atoms with E-state index in [1.807, 2.05) is 0 Å². The largest absolute Gasteiger partial charge is 0.468 e. The number of aryl methyl sites for hydroxylation is 1. The van der Waals surface area contributed by atoms with Crippen molar-refractivity contribution in [1.82, 2.24) is 14.2 Å². The van der Waals surface area contributed by atoms with Crippen LogP contribution in [0, 0.1) is 18.6 Å². The number of hydrogen-bond acceptors (Lipinski definition) is 7. The first-order valence-electron chi connectivity index (χ1n) is 13.8. The summed E-state index contributed by atoms with van der Waals surface area (Å²) in [4.78, 5) is 31.9. The molecule has 3 aromatic rings. The number of likely N-dealkylation sites (tertiary alicyclic amines) is 1. The van der Waals surface area contributed by atoms with Crippen molar-refractivity contribution in [2.24, 2.45) is 0 Å². The monoisotopic (exact) mass is 598 g/mol. The van der Waals surface area contributed by atoms with Gasteiger partial charge >= 0.3 is 5.97 Å². The van der Waals surface area contributed by atoms with Gasteiger partial charge in [0.2, 0.25) is 0 Å². The molecule has 222 valence electrons. The lowest BCUT2D eigenvalue weighted by Gasteiger charge is -2.32. The molecule has 2 aliphatic heterocycles. The fraction of sp³-hybridized carbons (Fsp3) is 0.367. The third kappa shape index (κ3) is 6.00. The smallest absolute Gasteiger partial charge is 0.324 e. The van der Waals surface area contributed by atoms with Gasteiger partial charge in [0.1, 0.15) is 17.7 Å². The SMILES string of the molecule is COC(=O)C1CCCN1S(=O)(=O)c1cc(Nc2ccc(F)cc2C)c(C(=O)N2CCC(c3ccc(F)cc3)CC2)cn1. The fourth-order valence-corrected chi connectivity index (χ4v) is 7.19. The van der Waals surface area contributed by atoms with Crippen molar-refractivity contribution in [2.45, 2.75) is 49.6 Å². The summed E-state index contributed by atoms with van der Waals surface area (Å²) in [7, 11) is -3.01. The standard InChI is InChI=1S/C30H32F2N4O5S/c1-19-16-23(32)9-10-25(19)34-26-17-28(42(39,40)36-13-3-4-27(36)30(38)41-2)33-18-24(26)29(37)35-14-11-21(12-15-35)20-5-7-22(31)8-6-20/h5-10,16-18,21,27H,3-4,11-15H2,1-2H3,(H,33,34). The van der Waals surface area contributed by atoms with E-state index in [1.54, 1.807) is 24.0 Å². The van der Waals surface area contributed by atoms with Gasteiger partial charge in [-0.05, 0) is 80.0 Å². The summed E-state index contributed by atoms with van der Waals surface area (Å²) in [6.45, 7) is 2.72. The summed E-state index contributed by atoms with van der Waals surface area (Å²) in [6.07, 6.45) is 3.41. The predicted molar refractivity (Wildman–Crippen MR) is 152 cm³/mol. The highest BCUT2D eigenvalue weighted by Gasteiger charge is 2.41. The van der Waals surface area contributed by atoms with Gasteiger partial charge in [-0.3, -0.25) is 9.59 Å². The molecule has 0 aliphatic carbocycles. The zero-order valence-corrected chi connectivity index (χ0v) is 24.2. The minimum atomic E-state index is -4.21. The van der Waals surface area contributed by atoms with Crippen molar-refractivity contribution in [2.75, 3.05) is 32.1 Å². The van der Waals surface area contributed by atoms with Crippen LogP contribution in [0.5, 0.6) is 0 Å². The third-order valence-electron chi connectivity index (χ3n) is 7.94. The van der Waals surface area contributed by atoms with Gasteiger partial charge < -0.3 is 15.0 Å². The van der Waals surface area contributed by atoms with Gasteiger partial charge in [-0.15, -0.1) is 0 Å². The highest BCUT2D eigenvalue weighted by Crippen LogP contribution is 2.33. The summed E-state index contributed by atoms with van der Waals surface area (Å²) in [5, 5.41) is 2.79. The summed E-state index contributed by atoms with van der Waals surface area (Å²) in [5.41, 5.74) is 2.41. The van der Waals surface area contributed by atoms with E-state index >= 15 is 0 Å². The minimum absolute atomic E-state index is 0.132. The molecule has 1 amide bonds. The van der Waals surface area contributed by atoms with Crippen LogP contribution in [-0.2, 0) is 19.6 Å². The summed E-state index contributed by atoms with van der Waals surface area (Å²) in [6, 6.07) is 10.8. The van der Waals surface area contributed by atoms with Gasteiger partial charge in [0.15, 0.2) is 5.03 Å². The van der Waals surface area contributed by atoms with Crippen LogP contribution in [0.2, 0.25) is 0 Å². The number of carbonyl (C=O) groups excluding carboxylic acids is 2. The number of aromatic nitrogens is 1. The maximum absolute atomic E-state index is 13.8. The van der Waals surface area contributed by atoms with Gasteiger partial charge in [-0.1, -0.05) is 12.1 Å². The Kier molecular flexibility index (Phi) is 8.55. The van der Waals surface area contributed by atoms with Gasteiger partial charge in [-0.2, -0.15) is 4.31 Å². The number of amides is 1. The second-order valence-electron chi connectivity index (χ2n) is 10.6. The lowest BCUT2D eigenvalue weighted by Crippen LogP contribution is -2.41. The van der Waals surface area contributed by atoms with Gasteiger partial charge in [0.05, 0.1) is 18.4 Å². The number of carbonyl (C=O) groups is 2. The minimum Gasteiger partial charge on any atom is -0.468 e. The molecule has 0 spiro atoms. The Morgan fingerprint density at radius 1 is 0.952 bits per heavy atom. The Morgan fingerprint density at radius 2 is 1.64 bits per heavy atom. The molecule has 2 fully saturated rings. The fourth-order valence-electron chi connectivity index (χ4n) is 5.60. The molecule has 5 rings (SSSR count). The zero-order chi connectivity index (χ0) is 30.0. The third-order valence-corrected chi connectivity index (χ3v) is 9.75. The van der Waals surface area contributed by atoms with Crippen molar-refractivity contribution < 1.29 is 31.5 Å². The number of hydrogen-bond donors (Lipinski definition) is 1. The lowest BCUT2D eigenvalue weighted by molar-refractivity contribution is -0.144. The topological polar surface area (TPSA) is 109 Å². The number of rotatable bonds is 7. The van der Waals surface area contributed by atoms with Gasteiger partial charge in [-0.25, -0.2) is 22.2 Å². The van der Waals surface area contributed by atoms with E-state index in [2.05, 4.69) is 10.3 Å². The van der Waals surface area contributed by atoms with E-state index in [1.165, 1.54) is 49.7 Å². The van der Waals surface area contributed by atoms with E-state index in [0.29, 0.717) is 50.0 Å². The number of ether oxygens (including phenoxy) is 1. The van der Waals surface area contributed by atoms with Crippen LogP contribution in [0.15, 0.2) is 59.8 Å². The molecule has 9 nitrogen and oxygen atoms in total. The number of nitrogens with zero attached hydrogens (tertiary/aromatic N) is 3. The molecule has 1 aromatic heterocycles. The highest BCUT2D eigenvalue weighted by molar-refractivity contribution is 7.89. The van der Waals surface area contributed by atoms with Gasteiger partial charge in [0.25, 0.3) is 15.9 Å². The zero-order valence-electron chi connectivity index (χ0n) is 23.3. The Hall–Kier alpha value is -3.90. The molecular formula is C30H32F2N4O5S. The Balaban J connectivity index is 1.45. The molecule has 12 heteroatoms. The van der Waals surface area contributed by atoms with Crippen LogP contribution >= 0.6 is 0 Å². The molecular weight excluding hydrogens is 566 g/mol. The number of benzene rings is 2. The second kappa shape index (κ2) is 12.1. The number of esters is 1. The van der Waals surface area contributed by atoms with Crippen LogP contribution in [0.3, 0.4) is 0 Å². The molecule has 1 atom stereocenters. The van der Waals surface area contributed by atoms with Crippen molar-refractivity contribution in [3.05, 3.63) is 83.1 Å². The molecule has 1 unspecified atom stereocenters. The molecule has 0 saturated carbocycles. The molecule has 0 radical (unpaired) electrons. The predicted octanol–water partition coefficient (Wildman–Crippen LogP) is 4.76. The average molecular weight is 599 g/mol. The number of pyridine rings is 1. The first kappa shape index (κ1) is 29.6. The number of piperidine rings is 1. The molecule has 2 aliphatic rings. The number of sulfonamides is 1. The van der Waals surface area contributed by atoms with E-state index < -0.39 is 27.9 Å². The Bertz CT molecular complexity index is 1590. The first-order valence-corrected chi connectivity index (χ1v) is 15.2. The van der Waals surface area contributed by atoms with Crippen LogP contribution < -0.4 is 5.32 Å². The maximum Gasteiger partial charge on any atom is 0.324 e. The number of nitrogens with one attached hydrogen (secondary N) is 1. The first-order chi connectivity index (χ1) is 20.1. The highest BCUT2D eigenvalue weighted by atomic mass is 32.2.